The summed E-state index contributed by atoms with van der Waals surface area (Å²) in [7, 11) is 1.50. The van der Waals surface area contributed by atoms with E-state index >= 15 is 0 Å². The summed E-state index contributed by atoms with van der Waals surface area (Å²) in [4.78, 5) is 41.5. The van der Waals surface area contributed by atoms with Gasteiger partial charge in [0.2, 0.25) is 5.91 Å². The van der Waals surface area contributed by atoms with E-state index in [4.69, 9.17) is 5.73 Å². The van der Waals surface area contributed by atoms with Gasteiger partial charge in [0.05, 0.1) is 24.4 Å². The smallest absolute Gasteiger partial charge is 0.275 e. The van der Waals surface area contributed by atoms with Gasteiger partial charge in [-0.1, -0.05) is 0 Å². The summed E-state index contributed by atoms with van der Waals surface area (Å²) in [5.74, 6) is -1.09. The highest BCUT2D eigenvalue weighted by Gasteiger charge is 2.38. The first-order valence-electron chi connectivity index (χ1n) is 8.25. The van der Waals surface area contributed by atoms with Crippen LogP contribution in [0.25, 0.3) is 0 Å². The van der Waals surface area contributed by atoms with Crippen molar-refractivity contribution in [3.05, 3.63) is 47.7 Å². The van der Waals surface area contributed by atoms with E-state index in [0.717, 1.165) is 0 Å². The van der Waals surface area contributed by atoms with Crippen molar-refractivity contribution >= 4 is 36.0 Å². The number of nitrogens with one attached hydrogen (secondary N) is 1. The van der Waals surface area contributed by atoms with Crippen LogP contribution < -0.4 is 11.1 Å². The van der Waals surface area contributed by atoms with E-state index in [1.54, 1.807) is 6.92 Å². The van der Waals surface area contributed by atoms with Gasteiger partial charge in [0.25, 0.3) is 5.91 Å². The van der Waals surface area contributed by atoms with Crippen LogP contribution in [0.5, 0.6) is 0 Å². The Kier molecular flexibility index (Phi) is 4.87. The molecule has 9 nitrogen and oxygen atoms in total. The average Bonchev–Trinajstić information content (AvgIpc) is 2.67. The molecule has 1 aromatic heterocycles. The van der Waals surface area contributed by atoms with Gasteiger partial charge in [-0.3, -0.25) is 14.5 Å². The van der Waals surface area contributed by atoms with Crippen molar-refractivity contribution in [1.82, 2.24) is 14.9 Å². The number of guanidine groups is 1. The molecular weight excluding hydrogens is 365 g/mol. The highest BCUT2D eigenvalue weighted by Crippen LogP contribution is 2.35. The second kappa shape index (κ2) is 7.14. The summed E-state index contributed by atoms with van der Waals surface area (Å²) < 4.78 is 14.5. The third-order valence-corrected chi connectivity index (χ3v) is 4.41. The number of carbonyl (C=O) groups is 2. The number of benzene rings is 1. The number of hydrogen-bond donors (Lipinski definition) is 2. The molecule has 10 heteroatoms. The highest BCUT2D eigenvalue weighted by atomic mass is 19.1. The minimum Gasteiger partial charge on any atom is -0.369 e. The number of aliphatic imine (C=N–C) groups is 2. The van der Waals surface area contributed by atoms with Crippen molar-refractivity contribution in [2.24, 2.45) is 15.7 Å². The van der Waals surface area contributed by atoms with Crippen molar-refractivity contribution in [3.8, 4) is 0 Å². The maximum absolute atomic E-state index is 14.5. The van der Waals surface area contributed by atoms with Crippen LogP contribution in [-0.2, 0) is 10.3 Å². The van der Waals surface area contributed by atoms with Crippen LogP contribution in [-0.4, -0.2) is 46.4 Å². The van der Waals surface area contributed by atoms with E-state index in [1.165, 1.54) is 42.5 Å². The lowest BCUT2D eigenvalue weighted by Crippen LogP contribution is -2.47. The van der Waals surface area contributed by atoms with Gasteiger partial charge in [-0.25, -0.2) is 24.3 Å². The van der Waals surface area contributed by atoms with Crippen molar-refractivity contribution in [2.45, 2.75) is 18.9 Å². The van der Waals surface area contributed by atoms with Crippen LogP contribution >= 0.6 is 0 Å². The van der Waals surface area contributed by atoms with Crippen LogP contribution in [0.4, 0.5) is 15.9 Å². The second-order valence-electron chi connectivity index (χ2n) is 6.44. The van der Waals surface area contributed by atoms with Crippen molar-refractivity contribution < 1.29 is 14.0 Å². The van der Waals surface area contributed by atoms with Crippen molar-refractivity contribution in [3.63, 3.8) is 0 Å². The summed E-state index contributed by atoms with van der Waals surface area (Å²) in [5.41, 5.74) is 5.12. The molecule has 1 aliphatic rings. The monoisotopic (exact) mass is 383 g/mol. The Morgan fingerprint density at radius 1 is 1.39 bits per heavy atom. The number of carbonyl (C=O) groups excluding carboxylic acids is 2. The van der Waals surface area contributed by atoms with Gasteiger partial charge in [0.1, 0.15) is 11.5 Å². The maximum Gasteiger partial charge on any atom is 0.275 e. The quantitative estimate of drug-likeness (QED) is 0.776. The molecule has 0 spiro atoms. The fourth-order valence-electron chi connectivity index (χ4n) is 2.79. The number of nitrogens with zero attached hydrogens (tertiary/aromatic N) is 5. The molecule has 0 fully saturated rings. The molecule has 3 N–H and O–H groups in total. The van der Waals surface area contributed by atoms with Gasteiger partial charge in [0, 0.05) is 18.3 Å². The van der Waals surface area contributed by atoms with E-state index < -0.39 is 17.3 Å². The molecule has 2 amide bonds. The van der Waals surface area contributed by atoms with Gasteiger partial charge >= 0.3 is 0 Å². The lowest BCUT2D eigenvalue weighted by atomic mass is 9.87. The Labute approximate surface area is 160 Å². The topological polar surface area (TPSA) is 126 Å². The largest absolute Gasteiger partial charge is 0.369 e. The van der Waals surface area contributed by atoms with Gasteiger partial charge < -0.3 is 11.1 Å². The number of amides is 2. The first-order chi connectivity index (χ1) is 13.2. The molecule has 0 saturated carbocycles. The molecule has 1 aromatic carbocycles. The minimum absolute atomic E-state index is 0.00113. The third kappa shape index (κ3) is 3.56. The molecule has 144 valence electrons. The standard InChI is InChI=1S/C18H18FN7O2/c1-18(7-15(27)26(3)17(20)25-18)11-6-10(4-5-12(11)19)24-16(28)13-8-23-14(21-2)9-22-13/h4-6,8-9H,2,7H2,1,3H3,(H2,20,25)(H,24,28). The van der Waals surface area contributed by atoms with Crippen molar-refractivity contribution in [1.29, 1.82) is 0 Å². The third-order valence-electron chi connectivity index (χ3n) is 4.41. The molecule has 1 atom stereocenters. The fourth-order valence-corrected chi connectivity index (χ4v) is 2.79. The average molecular weight is 383 g/mol. The van der Waals surface area contributed by atoms with Crippen LogP contribution in [0, 0.1) is 5.82 Å². The summed E-state index contributed by atoms with van der Waals surface area (Å²) in [6.07, 6.45) is 2.51. The lowest BCUT2D eigenvalue weighted by Gasteiger charge is -2.34. The molecule has 1 unspecified atom stereocenters. The Bertz CT molecular complexity index is 990. The summed E-state index contributed by atoms with van der Waals surface area (Å²) in [6, 6.07) is 4.02. The molecule has 0 aliphatic carbocycles. The minimum atomic E-state index is -1.18. The number of halogens is 1. The zero-order valence-corrected chi connectivity index (χ0v) is 15.3. The van der Waals surface area contributed by atoms with Gasteiger partial charge in [-0.15, -0.1) is 0 Å². The first kappa shape index (κ1) is 19.1. The second-order valence-corrected chi connectivity index (χ2v) is 6.44. The summed E-state index contributed by atoms with van der Waals surface area (Å²) in [5, 5.41) is 2.62. The van der Waals surface area contributed by atoms with E-state index in [-0.39, 0.29) is 35.4 Å². The number of aromatic nitrogens is 2. The fraction of sp³-hybridized carbons (Fsp3) is 0.222. The number of anilines is 1. The van der Waals surface area contributed by atoms with Crippen LogP contribution in [0.2, 0.25) is 0 Å². The zero-order chi connectivity index (χ0) is 20.5. The summed E-state index contributed by atoms with van der Waals surface area (Å²) >= 11 is 0. The van der Waals surface area contributed by atoms with Crippen LogP contribution in [0.3, 0.4) is 0 Å². The number of nitrogens with two attached hydrogens (primary N) is 1. The Morgan fingerprint density at radius 2 is 2.14 bits per heavy atom. The van der Waals surface area contributed by atoms with Gasteiger partial charge in [-0.2, -0.15) is 0 Å². The summed E-state index contributed by atoms with van der Waals surface area (Å²) in [6.45, 7) is 4.93. The van der Waals surface area contributed by atoms with Gasteiger partial charge in [0.15, 0.2) is 11.8 Å². The maximum atomic E-state index is 14.5. The van der Waals surface area contributed by atoms with E-state index in [1.807, 2.05) is 0 Å². The zero-order valence-electron chi connectivity index (χ0n) is 15.3. The number of hydrogen-bond acceptors (Lipinski definition) is 7. The van der Waals surface area contributed by atoms with Gasteiger partial charge in [-0.05, 0) is 31.8 Å². The Morgan fingerprint density at radius 3 is 2.75 bits per heavy atom. The Hall–Kier alpha value is -3.69. The highest BCUT2D eigenvalue weighted by molar-refractivity contribution is 6.03. The molecule has 0 radical (unpaired) electrons. The molecule has 2 heterocycles. The van der Waals surface area contributed by atoms with E-state index in [0.29, 0.717) is 5.69 Å². The molecule has 2 aromatic rings. The Balaban J connectivity index is 1.90. The van der Waals surface area contributed by atoms with Crippen molar-refractivity contribution in [2.75, 3.05) is 12.4 Å². The predicted octanol–water partition coefficient (Wildman–Crippen LogP) is 1.59. The SMILES string of the molecule is C=Nc1cnc(C(=O)Nc2ccc(F)c(C3(C)CC(=O)N(C)C(N)=N3)c2)cn1. The normalized spacial score (nSPS) is 19.2. The predicted molar refractivity (Wildman–Crippen MR) is 102 cm³/mol. The molecule has 1 aliphatic heterocycles. The molecule has 3 rings (SSSR count). The van der Waals surface area contributed by atoms with E-state index in [9.17, 15) is 14.0 Å². The first-order valence-corrected chi connectivity index (χ1v) is 8.25. The van der Waals surface area contributed by atoms with Crippen LogP contribution in [0.15, 0.2) is 40.6 Å². The molecule has 0 saturated heterocycles. The lowest BCUT2D eigenvalue weighted by molar-refractivity contribution is -0.128. The molecule has 0 bridgehead atoms. The number of rotatable bonds is 4. The molecular formula is C18H18FN7O2. The van der Waals surface area contributed by atoms with Crippen LogP contribution in [0.1, 0.15) is 29.4 Å². The van der Waals surface area contributed by atoms with E-state index in [2.05, 4.69) is 32.0 Å². The molecule has 28 heavy (non-hydrogen) atoms.